The van der Waals surface area contributed by atoms with E-state index in [1.54, 1.807) is 0 Å². The van der Waals surface area contributed by atoms with E-state index in [1.807, 2.05) is 67.6 Å². The number of anilines is 2. The molecule has 3 rings (SSSR count). The van der Waals surface area contributed by atoms with Crippen molar-refractivity contribution in [1.82, 2.24) is 0 Å². The van der Waals surface area contributed by atoms with E-state index in [0.717, 1.165) is 23.5 Å². The van der Waals surface area contributed by atoms with Gasteiger partial charge in [0, 0.05) is 30.9 Å². The number of rotatable bonds is 7. The first-order chi connectivity index (χ1) is 12.7. The molecule has 0 unspecified atom stereocenters. The molecule has 0 aliphatic carbocycles. The van der Waals surface area contributed by atoms with Gasteiger partial charge >= 0.3 is 0 Å². The number of benzene rings is 3. The van der Waals surface area contributed by atoms with Gasteiger partial charge < -0.3 is 10.2 Å². The quantitative estimate of drug-likeness (QED) is 0.652. The van der Waals surface area contributed by atoms with Crippen molar-refractivity contribution >= 4 is 17.3 Å². The summed E-state index contributed by atoms with van der Waals surface area (Å²) in [6.45, 7) is 3.46. The van der Waals surface area contributed by atoms with Crippen molar-refractivity contribution in [3.63, 3.8) is 0 Å². The molecule has 132 valence electrons. The van der Waals surface area contributed by atoms with Gasteiger partial charge in [-0.2, -0.15) is 0 Å². The zero-order valence-electron chi connectivity index (χ0n) is 15.1. The molecule has 0 fully saturated rings. The van der Waals surface area contributed by atoms with Crippen molar-refractivity contribution in [2.75, 3.05) is 16.8 Å². The predicted molar refractivity (Wildman–Crippen MR) is 108 cm³/mol. The van der Waals surface area contributed by atoms with Crippen molar-refractivity contribution in [2.45, 2.75) is 19.9 Å². The molecule has 1 amide bonds. The van der Waals surface area contributed by atoms with E-state index in [0.29, 0.717) is 13.0 Å². The van der Waals surface area contributed by atoms with Gasteiger partial charge in [0.15, 0.2) is 0 Å². The lowest BCUT2D eigenvalue weighted by Crippen LogP contribution is -2.27. The second-order valence-corrected chi connectivity index (χ2v) is 6.41. The highest BCUT2D eigenvalue weighted by Crippen LogP contribution is 2.17. The Labute approximate surface area is 155 Å². The standard InChI is InChI=1S/C23H24N2O/c1-19-9-8-12-21(17-19)24-23(26)15-16-25(22-13-6-3-7-14-22)18-20-10-4-2-5-11-20/h2-14,17H,15-16,18H2,1H3,(H,24,26). The molecule has 26 heavy (non-hydrogen) atoms. The Morgan fingerprint density at radius 2 is 1.58 bits per heavy atom. The molecule has 3 heteroatoms. The summed E-state index contributed by atoms with van der Waals surface area (Å²) in [7, 11) is 0. The number of nitrogens with one attached hydrogen (secondary N) is 1. The lowest BCUT2D eigenvalue weighted by Gasteiger charge is -2.25. The Balaban J connectivity index is 1.65. The van der Waals surface area contributed by atoms with Crippen LogP contribution in [-0.4, -0.2) is 12.5 Å². The van der Waals surface area contributed by atoms with Gasteiger partial charge in [-0.25, -0.2) is 0 Å². The molecule has 0 spiro atoms. The summed E-state index contributed by atoms with van der Waals surface area (Å²) in [5.74, 6) is 0.0320. The minimum Gasteiger partial charge on any atom is -0.367 e. The number of aryl methyl sites for hydroxylation is 1. The van der Waals surface area contributed by atoms with Crippen LogP contribution in [0.2, 0.25) is 0 Å². The first-order valence-electron chi connectivity index (χ1n) is 8.91. The molecule has 0 radical (unpaired) electrons. The SMILES string of the molecule is Cc1cccc(NC(=O)CCN(Cc2ccccc2)c2ccccc2)c1. The summed E-state index contributed by atoms with van der Waals surface area (Å²) in [5, 5.41) is 2.99. The molecule has 0 aliphatic rings. The van der Waals surface area contributed by atoms with E-state index in [4.69, 9.17) is 0 Å². The molecule has 3 aromatic carbocycles. The van der Waals surface area contributed by atoms with Crippen molar-refractivity contribution in [3.05, 3.63) is 96.1 Å². The zero-order valence-corrected chi connectivity index (χ0v) is 15.1. The third-order valence-electron chi connectivity index (χ3n) is 4.25. The van der Waals surface area contributed by atoms with Gasteiger partial charge in [0.25, 0.3) is 0 Å². The number of para-hydroxylation sites is 1. The van der Waals surface area contributed by atoms with E-state index in [-0.39, 0.29) is 5.91 Å². The highest BCUT2D eigenvalue weighted by atomic mass is 16.1. The van der Waals surface area contributed by atoms with Crippen LogP contribution in [0.3, 0.4) is 0 Å². The maximum absolute atomic E-state index is 12.4. The summed E-state index contributed by atoms with van der Waals surface area (Å²) in [5.41, 5.74) is 4.34. The highest BCUT2D eigenvalue weighted by molar-refractivity contribution is 5.91. The fourth-order valence-corrected chi connectivity index (χ4v) is 2.92. The predicted octanol–water partition coefficient (Wildman–Crippen LogP) is 5.03. The number of hydrogen-bond donors (Lipinski definition) is 1. The zero-order chi connectivity index (χ0) is 18.2. The minimum atomic E-state index is 0.0320. The van der Waals surface area contributed by atoms with Crippen molar-refractivity contribution in [3.8, 4) is 0 Å². The molecule has 3 aromatic rings. The van der Waals surface area contributed by atoms with Crippen LogP contribution in [0.1, 0.15) is 17.5 Å². The second-order valence-electron chi connectivity index (χ2n) is 6.41. The summed E-state index contributed by atoms with van der Waals surface area (Å²) in [6.07, 6.45) is 0.440. The summed E-state index contributed by atoms with van der Waals surface area (Å²) < 4.78 is 0. The topological polar surface area (TPSA) is 32.3 Å². The number of amides is 1. The van der Waals surface area contributed by atoms with Gasteiger partial charge in [-0.05, 0) is 42.3 Å². The average molecular weight is 344 g/mol. The van der Waals surface area contributed by atoms with Crippen LogP contribution in [0.4, 0.5) is 11.4 Å². The molecule has 0 saturated carbocycles. The van der Waals surface area contributed by atoms with Crippen LogP contribution in [-0.2, 0) is 11.3 Å². The van der Waals surface area contributed by atoms with Gasteiger partial charge in [0.2, 0.25) is 5.91 Å². The van der Waals surface area contributed by atoms with Crippen molar-refractivity contribution in [2.24, 2.45) is 0 Å². The molecule has 0 heterocycles. The average Bonchev–Trinajstić information content (AvgIpc) is 2.66. The van der Waals surface area contributed by atoms with Gasteiger partial charge in [-0.3, -0.25) is 4.79 Å². The van der Waals surface area contributed by atoms with Crippen molar-refractivity contribution in [1.29, 1.82) is 0 Å². The number of carbonyl (C=O) groups is 1. The number of nitrogens with zero attached hydrogens (tertiary/aromatic N) is 1. The van der Waals surface area contributed by atoms with Gasteiger partial charge in [0.1, 0.15) is 0 Å². The van der Waals surface area contributed by atoms with E-state index < -0.39 is 0 Å². The van der Waals surface area contributed by atoms with Gasteiger partial charge in [0.05, 0.1) is 0 Å². The normalized spacial score (nSPS) is 10.3. The molecule has 1 N–H and O–H groups in total. The van der Waals surface area contributed by atoms with E-state index >= 15 is 0 Å². The van der Waals surface area contributed by atoms with Crippen LogP contribution >= 0.6 is 0 Å². The molecular weight excluding hydrogens is 320 g/mol. The van der Waals surface area contributed by atoms with Gasteiger partial charge in [-0.1, -0.05) is 60.7 Å². The van der Waals surface area contributed by atoms with Crippen molar-refractivity contribution < 1.29 is 4.79 Å². The smallest absolute Gasteiger partial charge is 0.226 e. The minimum absolute atomic E-state index is 0.0320. The Morgan fingerprint density at radius 1 is 0.885 bits per heavy atom. The number of hydrogen-bond acceptors (Lipinski definition) is 2. The molecule has 0 atom stereocenters. The third kappa shape index (κ3) is 5.21. The van der Waals surface area contributed by atoms with E-state index in [1.165, 1.54) is 5.56 Å². The van der Waals surface area contributed by atoms with E-state index in [2.05, 4.69) is 34.5 Å². The molecular formula is C23H24N2O. The first-order valence-corrected chi connectivity index (χ1v) is 8.91. The van der Waals surface area contributed by atoms with Crippen LogP contribution in [0.15, 0.2) is 84.9 Å². The van der Waals surface area contributed by atoms with Crippen LogP contribution in [0.5, 0.6) is 0 Å². The van der Waals surface area contributed by atoms with Gasteiger partial charge in [-0.15, -0.1) is 0 Å². The third-order valence-corrected chi connectivity index (χ3v) is 4.25. The van der Waals surface area contributed by atoms with Crippen LogP contribution < -0.4 is 10.2 Å². The molecule has 0 bridgehead atoms. The van der Waals surface area contributed by atoms with Crippen LogP contribution in [0, 0.1) is 6.92 Å². The number of carbonyl (C=O) groups excluding carboxylic acids is 1. The largest absolute Gasteiger partial charge is 0.367 e. The summed E-state index contributed by atoms with van der Waals surface area (Å²) in [4.78, 5) is 14.6. The molecule has 0 saturated heterocycles. The fraction of sp³-hybridized carbons (Fsp3) is 0.174. The highest BCUT2D eigenvalue weighted by Gasteiger charge is 2.10. The first kappa shape index (κ1) is 17.7. The lowest BCUT2D eigenvalue weighted by molar-refractivity contribution is -0.116. The Kier molecular flexibility index (Phi) is 6.05. The van der Waals surface area contributed by atoms with E-state index in [9.17, 15) is 4.79 Å². The molecule has 0 aliphatic heterocycles. The second kappa shape index (κ2) is 8.86. The molecule has 3 nitrogen and oxygen atoms in total. The summed E-state index contributed by atoms with van der Waals surface area (Å²) >= 11 is 0. The lowest BCUT2D eigenvalue weighted by atomic mass is 10.2. The Hall–Kier alpha value is -3.07. The maximum atomic E-state index is 12.4. The maximum Gasteiger partial charge on any atom is 0.226 e. The Morgan fingerprint density at radius 3 is 2.27 bits per heavy atom. The Bertz CT molecular complexity index is 831. The molecule has 0 aromatic heterocycles. The van der Waals surface area contributed by atoms with Crippen LogP contribution in [0.25, 0.3) is 0 Å². The monoisotopic (exact) mass is 344 g/mol. The fourth-order valence-electron chi connectivity index (χ4n) is 2.92. The summed E-state index contributed by atoms with van der Waals surface area (Å²) in [6, 6.07) is 28.4.